The molecule has 0 unspecified atom stereocenters. The molecule has 6 heteroatoms. The largest absolute Gasteiger partial charge is 0.491 e. The number of hydrogen-bond acceptors (Lipinski definition) is 5. The van der Waals surface area contributed by atoms with Crippen molar-refractivity contribution in [2.75, 3.05) is 13.2 Å². The molecule has 0 saturated carbocycles. The third-order valence-corrected chi connectivity index (χ3v) is 2.22. The fourth-order valence-electron chi connectivity index (χ4n) is 1.38. The molecule has 0 aliphatic heterocycles. The smallest absolute Gasteiger partial charge is 0.270 e. The highest BCUT2D eigenvalue weighted by Gasteiger charge is 2.11. The molecule has 0 amide bonds. The van der Waals surface area contributed by atoms with E-state index in [0.717, 1.165) is 0 Å². The molecule has 1 aromatic rings. The Morgan fingerprint density at radius 1 is 1.39 bits per heavy atom. The van der Waals surface area contributed by atoms with Gasteiger partial charge in [-0.15, -0.1) is 0 Å². The van der Waals surface area contributed by atoms with Crippen molar-refractivity contribution in [3.8, 4) is 5.75 Å². The number of rotatable bonds is 7. The van der Waals surface area contributed by atoms with E-state index in [9.17, 15) is 10.1 Å². The Labute approximate surface area is 105 Å². The zero-order valence-electron chi connectivity index (χ0n) is 10.5. The molecule has 0 atom stereocenters. The summed E-state index contributed by atoms with van der Waals surface area (Å²) in [5.41, 5.74) is 0.332. The lowest BCUT2D eigenvalue weighted by Crippen LogP contribution is -2.12. The number of non-ortho nitro benzene ring substituents is 1. The van der Waals surface area contributed by atoms with E-state index in [1.54, 1.807) is 0 Å². The van der Waals surface area contributed by atoms with Gasteiger partial charge in [0.2, 0.25) is 0 Å². The number of nitro groups is 1. The summed E-state index contributed by atoms with van der Waals surface area (Å²) in [5, 5.41) is 19.7. The minimum atomic E-state index is -0.509. The summed E-state index contributed by atoms with van der Waals surface area (Å²) >= 11 is 0. The van der Waals surface area contributed by atoms with Crippen molar-refractivity contribution < 1.29 is 19.5 Å². The van der Waals surface area contributed by atoms with E-state index in [2.05, 4.69) is 0 Å². The summed E-state index contributed by atoms with van der Waals surface area (Å²) in [6.07, 6.45) is 0.128. The Balaban J connectivity index is 2.62. The SMILES string of the molecule is CC(C)OCCOc1ccc([N+](=O)[O-])cc1CO. The van der Waals surface area contributed by atoms with Crippen molar-refractivity contribution in [3.63, 3.8) is 0 Å². The second-order valence-corrected chi connectivity index (χ2v) is 3.98. The number of ether oxygens (including phenoxy) is 2. The summed E-state index contributed by atoms with van der Waals surface area (Å²) < 4.78 is 10.7. The lowest BCUT2D eigenvalue weighted by Gasteiger charge is -2.11. The van der Waals surface area contributed by atoms with Gasteiger partial charge in [0.25, 0.3) is 5.69 Å². The molecule has 18 heavy (non-hydrogen) atoms. The first-order valence-electron chi connectivity index (χ1n) is 5.67. The van der Waals surface area contributed by atoms with Crippen LogP contribution >= 0.6 is 0 Å². The quantitative estimate of drug-likeness (QED) is 0.457. The van der Waals surface area contributed by atoms with Gasteiger partial charge in [-0.2, -0.15) is 0 Å². The molecule has 0 heterocycles. The Morgan fingerprint density at radius 3 is 2.67 bits per heavy atom. The van der Waals surface area contributed by atoms with E-state index in [4.69, 9.17) is 14.6 Å². The van der Waals surface area contributed by atoms with Gasteiger partial charge in [-0.05, 0) is 19.9 Å². The normalized spacial score (nSPS) is 10.7. The third kappa shape index (κ3) is 4.31. The Kier molecular flexibility index (Phi) is 5.54. The molecular formula is C12H17NO5. The average Bonchev–Trinajstić information content (AvgIpc) is 2.34. The van der Waals surface area contributed by atoms with Crippen LogP contribution in [-0.2, 0) is 11.3 Å². The van der Waals surface area contributed by atoms with E-state index in [-0.39, 0.29) is 18.4 Å². The summed E-state index contributed by atoms with van der Waals surface area (Å²) in [7, 11) is 0. The van der Waals surface area contributed by atoms with Gasteiger partial charge >= 0.3 is 0 Å². The lowest BCUT2D eigenvalue weighted by molar-refractivity contribution is -0.385. The van der Waals surface area contributed by atoms with E-state index >= 15 is 0 Å². The van der Waals surface area contributed by atoms with Crippen LogP contribution < -0.4 is 4.74 Å². The van der Waals surface area contributed by atoms with Gasteiger partial charge in [0.1, 0.15) is 12.4 Å². The fourth-order valence-corrected chi connectivity index (χ4v) is 1.38. The molecule has 0 aliphatic rings. The van der Waals surface area contributed by atoms with Crippen molar-refractivity contribution in [1.82, 2.24) is 0 Å². The minimum absolute atomic E-state index is 0.0650. The molecule has 0 fully saturated rings. The standard InChI is InChI=1S/C12H17NO5/c1-9(2)17-5-6-18-12-4-3-11(13(15)16)7-10(12)8-14/h3-4,7,9,14H,5-6,8H2,1-2H3. The zero-order chi connectivity index (χ0) is 13.5. The molecule has 1 aromatic carbocycles. The highest BCUT2D eigenvalue weighted by atomic mass is 16.6. The van der Waals surface area contributed by atoms with Crippen LogP contribution in [0.2, 0.25) is 0 Å². The molecular weight excluding hydrogens is 238 g/mol. The van der Waals surface area contributed by atoms with Crippen LogP contribution in [0.25, 0.3) is 0 Å². The van der Waals surface area contributed by atoms with Crippen molar-refractivity contribution in [2.24, 2.45) is 0 Å². The molecule has 0 saturated heterocycles. The van der Waals surface area contributed by atoms with E-state index in [0.29, 0.717) is 24.5 Å². The average molecular weight is 255 g/mol. The first-order chi connectivity index (χ1) is 8.54. The molecule has 0 aliphatic carbocycles. The van der Waals surface area contributed by atoms with E-state index in [1.807, 2.05) is 13.8 Å². The zero-order valence-corrected chi connectivity index (χ0v) is 10.5. The maximum absolute atomic E-state index is 10.6. The highest BCUT2D eigenvalue weighted by Crippen LogP contribution is 2.24. The van der Waals surface area contributed by atoms with Crippen LogP contribution in [0.5, 0.6) is 5.75 Å². The van der Waals surface area contributed by atoms with Crippen LogP contribution in [0, 0.1) is 10.1 Å². The maximum Gasteiger partial charge on any atom is 0.270 e. The maximum atomic E-state index is 10.6. The van der Waals surface area contributed by atoms with Gasteiger partial charge in [0.15, 0.2) is 0 Å². The Morgan fingerprint density at radius 2 is 2.11 bits per heavy atom. The molecule has 0 spiro atoms. The predicted molar refractivity (Wildman–Crippen MR) is 65.6 cm³/mol. The van der Waals surface area contributed by atoms with Crippen molar-refractivity contribution in [3.05, 3.63) is 33.9 Å². The van der Waals surface area contributed by atoms with Crippen molar-refractivity contribution in [2.45, 2.75) is 26.6 Å². The van der Waals surface area contributed by atoms with Gasteiger partial charge < -0.3 is 14.6 Å². The summed E-state index contributed by atoms with van der Waals surface area (Å²) in [6.45, 7) is 4.31. The molecule has 6 nitrogen and oxygen atoms in total. The number of aliphatic hydroxyl groups is 1. The number of nitro benzene ring substituents is 1. The van der Waals surface area contributed by atoms with Gasteiger partial charge in [-0.25, -0.2) is 0 Å². The molecule has 100 valence electrons. The van der Waals surface area contributed by atoms with Crippen LogP contribution in [0.3, 0.4) is 0 Å². The van der Waals surface area contributed by atoms with E-state index < -0.39 is 4.92 Å². The second-order valence-electron chi connectivity index (χ2n) is 3.98. The Bertz CT molecular complexity index is 405. The second kappa shape index (κ2) is 6.93. The molecule has 0 aromatic heterocycles. The molecule has 1 N–H and O–H groups in total. The fraction of sp³-hybridized carbons (Fsp3) is 0.500. The topological polar surface area (TPSA) is 81.8 Å². The van der Waals surface area contributed by atoms with Crippen LogP contribution in [0.1, 0.15) is 19.4 Å². The number of aliphatic hydroxyl groups excluding tert-OH is 1. The summed E-state index contributed by atoms with van der Waals surface area (Å²) in [5.74, 6) is 0.440. The lowest BCUT2D eigenvalue weighted by atomic mass is 10.2. The van der Waals surface area contributed by atoms with E-state index in [1.165, 1.54) is 18.2 Å². The molecule has 1 rings (SSSR count). The number of benzene rings is 1. The first-order valence-corrected chi connectivity index (χ1v) is 5.67. The first kappa shape index (κ1) is 14.4. The number of nitrogens with zero attached hydrogens (tertiary/aromatic N) is 1. The van der Waals surface area contributed by atoms with Gasteiger partial charge in [-0.1, -0.05) is 0 Å². The van der Waals surface area contributed by atoms with Crippen LogP contribution in [-0.4, -0.2) is 29.3 Å². The van der Waals surface area contributed by atoms with Gasteiger partial charge in [0.05, 0.1) is 24.2 Å². The van der Waals surface area contributed by atoms with Gasteiger partial charge in [-0.3, -0.25) is 10.1 Å². The molecule has 0 radical (unpaired) electrons. The van der Waals surface area contributed by atoms with Crippen LogP contribution in [0.4, 0.5) is 5.69 Å². The monoisotopic (exact) mass is 255 g/mol. The third-order valence-electron chi connectivity index (χ3n) is 2.22. The van der Waals surface area contributed by atoms with Crippen molar-refractivity contribution >= 4 is 5.69 Å². The summed E-state index contributed by atoms with van der Waals surface area (Å²) in [6, 6.07) is 4.13. The number of hydrogen-bond donors (Lipinski definition) is 1. The Hall–Kier alpha value is -1.66. The van der Waals surface area contributed by atoms with Crippen molar-refractivity contribution in [1.29, 1.82) is 0 Å². The summed E-state index contributed by atoms with van der Waals surface area (Å²) in [4.78, 5) is 10.1. The van der Waals surface area contributed by atoms with Gasteiger partial charge in [0, 0.05) is 17.7 Å². The highest BCUT2D eigenvalue weighted by molar-refractivity contribution is 5.43. The van der Waals surface area contributed by atoms with Crippen LogP contribution in [0.15, 0.2) is 18.2 Å². The minimum Gasteiger partial charge on any atom is -0.491 e. The predicted octanol–water partition coefficient (Wildman–Crippen LogP) is 1.89. The molecule has 0 bridgehead atoms.